The van der Waals surface area contributed by atoms with Crippen molar-refractivity contribution < 1.29 is 0 Å². The van der Waals surface area contributed by atoms with E-state index in [1.54, 1.807) is 17.2 Å². The van der Waals surface area contributed by atoms with Crippen molar-refractivity contribution in [1.29, 1.82) is 0 Å². The molecular formula is C14H18N4. The van der Waals surface area contributed by atoms with Gasteiger partial charge in [-0.25, -0.2) is 0 Å². The van der Waals surface area contributed by atoms with Crippen LogP contribution in [-0.2, 0) is 5.41 Å². The van der Waals surface area contributed by atoms with Gasteiger partial charge in [0, 0.05) is 12.0 Å². The van der Waals surface area contributed by atoms with E-state index >= 15 is 0 Å². The molecule has 94 valence electrons. The first kappa shape index (κ1) is 11.4. The number of hydrogen-bond acceptors (Lipinski definition) is 3. The van der Waals surface area contributed by atoms with Gasteiger partial charge in [0.2, 0.25) is 0 Å². The van der Waals surface area contributed by atoms with Crippen molar-refractivity contribution >= 4 is 0 Å². The van der Waals surface area contributed by atoms with Gasteiger partial charge in [0.25, 0.3) is 0 Å². The van der Waals surface area contributed by atoms with Crippen molar-refractivity contribution in [1.82, 2.24) is 15.0 Å². The number of benzene rings is 1. The second-order valence-corrected chi connectivity index (χ2v) is 5.03. The molecule has 0 atom stereocenters. The molecule has 0 unspecified atom stereocenters. The fourth-order valence-electron chi connectivity index (χ4n) is 3.07. The topological polar surface area (TPSA) is 56.7 Å². The smallest absolute Gasteiger partial charge is 0.0894 e. The summed E-state index contributed by atoms with van der Waals surface area (Å²) in [4.78, 5) is 1.70. The summed E-state index contributed by atoms with van der Waals surface area (Å²) >= 11 is 0. The molecule has 0 saturated heterocycles. The molecule has 4 heteroatoms. The summed E-state index contributed by atoms with van der Waals surface area (Å²) in [7, 11) is 0. The molecule has 1 aliphatic carbocycles. The van der Waals surface area contributed by atoms with Gasteiger partial charge in [-0.15, -0.1) is 0 Å². The van der Waals surface area contributed by atoms with E-state index in [1.165, 1.54) is 31.2 Å². The minimum atomic E-state index is 0.115. The molecule has 1 aromatic heterocycles. The molecule has 0 aliphatic heterocycles. The van der Waals surface area contributed by atoms with Crippen LogP contribution in [0.5, 0.6) is 0 Å². The van der Waals surface area contributed by atoms with E-state index in [1.807, 2.05) is 6.07 Å². The first-order valence-corrected chi connectivity index (χ1v) is 6.52. The van der Waals surface area contributed by atoms with E-state index in [-0.39, 0.29) is 5.41 Å². The molecule has 1 aliphatic rings. The van der Waals surface area contributed by atoms with Crippen molar-refractivity contribution in [3.8, 4) is 5.69 Å². The van der Waals surface area contributed by atoms with Crippen LogP contribution >= 0.6 is 0 Å². The lowest BCUT2D eigenvalue weighted by Gasteiger charge is -2.29. The molecule has 3 rings (SSSR count). The Balaban J connectivity index is 2.12. The van der Waals surface area contributed by atoms with E-state index in [9.17, 15) is 0 Å². The van der Waals surface area contributed by atoms with Crippen LogP contribution in [-0.4, -0.2) is 21.5 Å². The SMILES string of the molecule is NCC1(c2ccccc2-n2nccn2)CCCC1. The summed E-state index contributed by atoms with van der Waals surface area (Å²) in [5.41, 5.74) is 8.55. The van der Waals surface area contributed by atoms with Crippen molar-refractivity contribution in [3.05, 3.63) is 42.2 Å². The van der Waals surface area contributed by atoms with Gasteiger partial charge >= 0.3 is 0 Å². The van der Waals surface area contributed by atoms with Crippen molar-refractivity contribution in [2.45, 2.75) is 31.1 Å². The van der Waals surface area contributed by atoms with Crippen LogP contribution in [0.25, 0.3) is 5.69 Å². The third kappa shape index (κ3) is 1.73. The molecule has 4 nitrogen and oxygen atoms in total. The highest BCUT2D eigenvalue weighted by Gasteiger charge is 2.36. The zero-order valence-corrected chi connectivity index (χ0v) is 10.4. The lowest BCUT2D eigenvalue weighted by molar-refractivity contribution is 0.448. The third-order valence-corrected chi connectivity index (χ3v) is 4.06. The first-order chi connectivity index (χ1) is 8.86. The number of hydrogen-bond donors (Lipinski definition) is 1. The minimum absolute atomic E-state index is 0.115. The maximum atomic E-state index is 6.07. The lowest BCUT2D eigenvalue weighted by Crippen LogP contribution is -2.33. The Labute approximate surface area is 107 Å². The standard InChI is InChI=1S/C14H18N4/c15-11-14(7-3-4-8-14)12-5-1-2-6-13(12)18-16-9-10-17-18/h1-2,5-6,9-10H,3-4,7-8,11,15H2. The van der Waals surface area contributed by atoms with Gasteiger partial charge in [-0.05, 0) is 24.5 Å². The van der Waals surface area contributed by atoms with Gasteiger partial charge in [0.05, 0.1) is 18.1 Å². The Bertz CT molecular complexity index is 512. The van der Waals surface area contributed by atoms with Crippen LogP contribution in [0.1, 0.15) is 31.2 Å². The molecule has 1 heterocycles. The van der Waals surface area contributed by atoms with E-state index < -0.39 is 0 Å². The average molecular weight is 242 g/mol. The molecule has 0 bridgehead atoms. The Hall–Kier alpha value is -1.68. The Kier molecular flexibility index (Phi) is 2.88. The van der Waals surface area contributed by atoms with Gasteiger partial charge in [-0.2, -0.15) is 15.0 Å². The van der Waals surface area contributed by atoms with Crippen LogP contribution in [0.2, 0.25) is 0 Å². The quantitative estimate of drug-likeness (QED) is 0.896. The van der Waals surface area contributed by atoms with E-state index in [4.69, 9.17) is 5.73 Å². The third-order valence-electron chi connectivity index (χ3n) is 4.06. The molecule has 0 spiro atoms. The van der Waals surface area contributed by atoms with Gasteiger partial charge < -0.3 is 5.73 Å². The predicted octanol–water partition coefficient (Wildman–Crippen LogP) is 2.04. The van der Waals surface area contributed by atoms with Gasteiger partial charge in [0.15, 0.2) is 0 Å². The van der Waals surface area contributed by atoms with Crippen LogP contribution < -0.4 is 5.73 Å². The van der Waals surface area contributed by atoms with Crippen LogP contribution in [0.4, 0.5) is 0 Å². The van der Waals surface area contributed by atoms with E-state index in [2.05, 4.69) is 28.4 Å². The zero-order chi connectivity index (χ0) is 12.4. The Morgan fingerprint density at radius 1 is 1.11 bits per heavy atom. The highest BCUT2D eigenvalue weighted by molar-refractivity contribution is 5.45. The second kappa shape index (κ2) is 4.53. The number of nitrogens with two attached hydrogens (primary N) is 1. The molecule has 0 amide bonds. The Morgan fingerprint density at radius 2 is 1.78 bits per heavy atom. The van der Waals surface area contributed by atoms with Crippen molar-refractivity contribution in [2.75, 3.05) is 6.54 Å². The highest BCUT2D eigenvalue weighted by atomic mass is 15.5. The molecule has 0 radical (unpaired) electrons. The molecule has 1 saturated carbocycles. The van der Waals surface area contributed by atoms with Gasteiger partial charge in [-0.1, -0.05) is 31.0 Å². The number of rotatable bonds is 3. The second-order valence-electron chi connectivity index (χ2n) is 5.03. The lowest BCUT2D eigenvalue weighted by atomic mass is 9.78. The maximum absolute atomic E-state index is 6.07. The maximum Gasteiger partial charge on any atom is 0.0894 e. The predicted molar refractivity (Wildman–Crippen MR) is 70.6 cm³/mol. The average Bonchev–Trinajstić information content (AvgIpc) is 3.11. The normalized spacial score (nSPS) is 18.1. The Morgan fingerprint density at radius 3 is 2.44 bits per heavy atom. The van der Waals surface area contributed by atoms with Crippen LogP contribution in [0.3, 0.4) is 0 Å². The van der Waals surface area contributed by atoms with Gasteiger partial charge in [0.1, 0.15) is 0 Å². The van der Waals surface area contributed by atoms with Crippen molar-refractivity contribution in [3.63, 3.8) is 0 Å². The van der Waals surface area contributed by atoms with Crippen molar-refractivity contribution in [2.24, 2.45) is 5.73 Å². The summed E-state index contributed by atoms with van der Waals surface area (Å²) in [6.45, 7) is 0.700. The monoisotopic (exact) mass is 242 g/mol. The van der Waals surface area contributed by atoms with Crippen LogP contribution in [0, 0.1) is 0 Å². The molecule has 1 fully saturated rings. The summed E-state index contributed by atoms with van der Waals surface area (Å²) in [6, 6.07) is 8.36. The van der Waals surface area contributed by atoms with E-state index in [0.29, 0.717) is 6.54 Å². The molecule has 1 aromatic carbocycles. The minimum Gasteiger partial charge on any atom is -0.330 e. The fraction of sp³-hybridized carbons (Fsp3) is 0.429. The fourth-order valence-corrected chi connectivity index (χ4v) is 3.07. The van der Waals surface area contributed by atoms with E-state index in [0.717, 1.165) is 5.69 Å². The molecule has 2 aromatic rings. The highest BCUT2D eigenvalue weighted by Crippen LogP contribution is 2.42. The van der Waals surface area contributed by atoms with Crippen LogP contribution in [0.15, 0.2) is 36.7 Å². The number of para-hydroxylation sites is 1. The number of nitrogens with zero attached hydrogens (tertiary/aromatic N) is 3. The molecule has 2 N–H and O–H groups in total. The summed E-state index contributed by atoms with van der Waals surface area (Å²) in [5.74, 6) is 0. The molecule has 18 heavy (non-hydrogen) atoms. The van der Waals surface area contributed by atoms with Gasteiger partial charge in [-0.3, -0.25) is 0 Å². The molecular weight excluding hydrogens is 224 g/mol. The largest absolute Gasteiger partial charge is 0.330 e. The summed E-state index contributed by atoms with van der Waals surface area (Å²) in [6.07, 6.45) is 8.28. The number of aromatic nitrogens is 3. The first-order valence-electron chi connectivity index (χ1n) is 6.52. The summed E-state index contributed by atoms with van der Waals surface area (Å²) < 4.78 is 0. The summed E-state index contributed by atoms with van der Waals surface area (Å²) in [5, 5.41) is 8.50. The zero-order valence-electron chi connectivity index (χ0n) is 10.4.